The van der Waals surface area contributed by atoms with Crippen LogP contribution in [0.4, 0.5) is 0 Å². The molecule has 3 atom stereocenters. The van der Waals surface area contributed by atoms with Crippen LogP contribution >= 0.6 is 0 Å². The molecule has 0 heterocycles. The van der Waals surface area contributed by atoms with Crippen LogP contribution in [0.2, 0.25) is 0 Å². The average Bonchev–Trinajstić information content (AvgIpc) is 1.82. The SMILES string of the molecule is CC1CC2C[C@@H](C)C1[C@H](C)C2. The molecule has 0 radical (unpaired) electrons. The standard InChI is InChI=1S/C11H20/c1-7-4-10-5-8(2)11(7)9(3)6-10/h7-11H,4-6H2,1-3H3/t7-,8-,9?,10?,11?/m1/s1. The van der Waals surface area contributed by atoms with Gasteiger partial charge in [-0.3, -0.25) is 0 Å². The highest BCUT2D eigenvalue weighted by Gasteiger charge is 2.41. The molecule has 0 spiro atoms. The molecule has 3 rings (SSSR count). The smallest absolute Gasteiger partial charge is 0.0337 e. The van der Waals surface area contributed by atoms with Crippen LogP contribution in [0.5, 0.6) is 0 Å². The number of fused-ring (bicyclic) bond motifs is 3. The lowest BCUT2D eigenvalue weighted by Crippen LogP contribution is -2.40. The summed E-state index contributed by atoms with van der Waals surface area (Å²) >= 11 is 0. The third-order valence-corrected chi connectivity index (χ3v) is 4.09. The first kappa shape index (κ1) is 7.64. The summed E-state index contributed by atoms with van der Waals surface area (Å²) in [4.78, 5) is 0. The second-order valence-corrected chi connectivity index (χ2v) is 5.08. The van der Waals surface area contributed by atoms with Gasteiger partial charge in [-0.2, -0.15) is 0 Å². The van der Waals surface area contributed by atoms with Crippen molar-refractivity contribution in [3.05, 3.63) is 0 Å². The van der Waals surface area contributed by atoms with Crippen LogP contribution in [0.3, 0.4) is 0 Å². The second-order valence-electron chi connectivity index (χ2n) is 5.08. The summed E-state index contributed by atoms with van der Waals surface area (Å²) in [7, 11) is 0. The molecular weight excluding hydrogens is 132 g/mol. The van der Waals surface area contributed by atoms with Gasteiger partial charge in [-0.25, -0.2) is 0 Å². The predicted molar refractivity (Wildman–Crippen MR) is 48.3 cm³/mol. The Kier molecular flexibility index (Phi) is 1.74. The van der Waals surface area contributed by atoms with Crippen molar-refractivity contribution in [2.45, 2.75) is 40.0 Å². The van der Waals surface area contributed by atoms with Gasteiger partial charge in [-0.1, -0.05) is 20.8 Å². The quantitative estimate of drug-likeness (QED) is 0.499. The van der Waals surface area contributed by atoms with E-state index in [-0.39, 0.29) is 0 Å². The van der Waals surface area contributed by atoms with Crippen LogP contribution in [0.1, 0.15) is 40.0 Å². The Morgan fingerprint density at radius 2 is 1.09 bits per heavy atom. The summed E-state index contributed by atoms with van der Waals surface area (Å²) in [6, 6.07) is 0. The van der Waals surface area contributed by atoms with E-state index in [1.54, 1.807) is 0 Å². The van der Waals surface area contributed by atoms with Crippen LogP contribution in [-0.2, 0) is 0 Å². The van der Waals surface area contributed by atoms with Gasteiger partial charge in [-0.15, -0.1) is 0 Å². The molecule has 0 N–H and O–H groups in total. The molecule has 0 amide bonds. The fourth-order valence-corrected chi connectivity index (χ4v) is 4.02. The molecule has 0 heteroatoms. The molecule has 3 fully saturated rings. The van der Waals surface area contributed by atoms with Crippen LogP contribution in [0, 0.1) is 29.6 Å². The molecule has 0 nitrogen and oxygen atoms in total. The monoisotopic (exact) mass is 152 g/mol. The lowest BCUT2D eigenvalue weighted by Gasteiger charge is -2.49. The predicted octanol–water partition coefficient (Wildman–Crippen LogP) is 3.32. The lowest BCUT2D eigenvalue weighted by molar-refractivity contribution is 0.00652. The maximum Gasteiger partial charge on any atom is -0.0337 e. The van der Waals surface area contributed by atoms with Crippen LogP contribution in [0.15, 0.2) is 0 Å². The first-order valence-electron chi connectivity index (χ1n) is 5.18. The summed E-state index contributed by atoms with van der Waals surface area (Å²) in [6.45, 7) is 7.38. The summed E-state index contributed by atoms with van der Waals surface area (Å²) in [5.41, 5.74) is 0. The molecule has 11 heavy (non-hydrogen) atoms. The first-order chi connectivity index (χ1) is 5.18. The van der Waals surface area contributed by atoms with E-state index in [1.165, 1.54) is 19.3 Å². The molecule has 0 saturated heterocycles. The number of hydrogen-bond donors (Lipinski definition) is 0. The molecule has 0 aliphatic heterocycles. The van der Waals surface area contributed by atoms with Crippen molar-refractivity contribution in [1.29, 1.82) is 0 Å². The van der Waals surface area contributed by atoms with Gasteiger partial charge in [-0.05, 0) is 48.9 Å². The highest BCUT2D eigenvalue weighted by Crippen LogP contribution is 2.50. The van der Waals surface area contributed by atoms with E-state index in [2.05, 4.69) is 20.8 Å². The lowest BCUT2D eigenvalue weighted by atomic mass is 9.56. The minimum atomic E-state index is 1.02. The Morgan fingerprint density at radius 3 is 1.27 bits per heavy atom. The van der Waals surface area contributed by atoms with Crippen molar-refractivity contribution in [2.24, 2.45) is 29.6 Å². The van der Waals surface area contributed by atoms with Crippen molar-refractivity contribution in [2.75, 3.05) is 0 Å². The average molecular weight is 152 g/mol. The fourth-order valence-electron chi connectivity index (χ4n) is 4.02. The number of rotatable bonds is 0. The Bertz CT molecular complexity index is 122. The van der Waals surface area contributed by atoms with Crippen molar-refractivity contribution < 1.29 is 0 Å². The molecule has 3 aliphatic rings. The normalized spacial score (nSPS) is 56.5. The third kappa shape index (κ3) is 1.11. The third-order valence-electron chi connectivity index (χ3n) is 4.09. The molecule has 0 aromatic carbocycles. The minimum Gasteiger partial charge on any atom is -0.0622 e. The van der Waals surface area contributed by atoms with E-state index < -0.39 is 0 Å². The fraction of sp³-hybridized carbons (Fsp3) is 1.00. The molecular formula is C11H20. The summed E-state index contributed by atoms with van der Waals surface area (Å²) in [6.07, 6.45) is 4.58. The van der Waals surface area contributed by atoms with E-state index in [1.807, 2.05) is 0 Å². The van der Waals surface area contributed by atoms with Gasteiger partial charge in [0.05, 0.1) is 0 Å². The number of hydrogen-bond acceptors (Lipinski definition) is 0. The van der Waals surface area contributed by atoms with Crippen molar-refractivity contribution in [3.63, 3.8) is 0 Å². The summed E-state index contributed by atoms with van der Waals surface area (Å²) < 4.78 is 0. The van der Waals surface area contributed by atoms with Gasteiger partial charge < -0.3 is 0 Å². The van der Waals surface area contributed by atoms with Gasteiger partial charge in [0.2, 0.25) is 0 Å². The van der Waals surface area contributed by atoms with Gasteiger partial charge in [0.25, 0.3) is 0 Å². The zero-order valence-corrected chi connectivity index (χ0v) is 8.01. The van der Waals surface area contributed by atoms with E-state index >= 15 is 0 Å². The molecule has 1 unspecified atom stereocenters. The maximum absolute atomic E-state index is 2.46. The van der Waals surface area contributed by atoms with Gasteiger partial charge >= 0.3 is 0 Å². The Hall–Kier alpha value is 0. The molecule has 3 saturated carbocycles. The van der Waals surface area contributed by atoms with Crippen LogP contribution < -0.4 is 0 Å². The van der Waals surface area contributed by atoms with Crippen molar-refractivity contribution in [1.82, 2.24) is 0 Å². The van der Waals surface area contributed by atoms with E-state index in [0.717, 1.165) is 29.6 Å². The summed E-state index contributed by atoms with van der Waals surface area (Å²) in [5.74, 6) is 5.20. The molecule has 3 aliphatic carbocycles. The zero-order valence-electron chi connectivity index (χ0n) is 8.01. The zero-order chi connectivity index (χ0) is 8.01. The van der Waals surface area contributed by atoms with Gasteiger partial charge in [0.15, 0.2) is 0 Å². The van der Waals surface area contributed by atoms with E-state index in [4.69, 9.17) is 0 Å². The Balaban J connectivity index is 2.16. The Labute approximate surface area is 70.4 Å². The van der Waals surface area contributed by atoms with Crippen molar-refractivity contribution >= 4 is 0 Å². The minimum absolute atomic E-state index is 1.02. The van der Waals surface area contributed by atoms with Gasteiger partial charge in [0, 0.05) is 0 Å². The Morgan fingerprint density at radius 1 is 0.727 bits per heavy atom. The maximum atomic E-state index is 2.46. The van der Waals surface area contributed by atoms with E-state index in [0.29, 0.717) is 0 Å². The topological polar surface area (TPSA) is 0 Å². The van der Waals surface area contributed by atoms with E-state index in [9.17, 15) is 0 Å². The van der Waals surface area contributed by atoms with Crippen LogP contribution in [-0.4, -0.2) is 0 Å². The molecule has 2 bridgehead atoms. The molecule has 0 aromatic heterocycles. The molecule has 0 aromatic rings. The molecule has 64 valence electrons. The highest BCUT2D eigenvalue weighted by molar-refractivity contribution is 4.91. The summed E-state index contributed by atoms with van der Waals surface area (Å²) in [5, 5.41) is 0. The second kappa shape index (κ2) is 2.50. The van der Waals surface area contributed by atoms with Gasteiger partial charge in [0.1, 0.15) is 0 Å². The van der Waals surface area contributed by atoms with Crippen molar-refractivity contribution in [3.8, 4) is 0 Å². The highest BCUT2D eigenvalue weighted by atomic mass is 14.5. The largest absolute Gasteiger partial charge is 0.0622 e. The first-order valence-corrected chi connectivity index (χ1v) is 5.18. The van der Waals surface area contributed by atoms with Crippen LogP contribution in [0.25, 0.3) is 0 Å².